The molecule has 0 amide bonds. The highest BCUT2D eigenvalue weighted by atomic mass is 32.2. The van der Waals surface area contributed by atoms with E-state index >= 15 is 0 Å². The van der Waals surface area contributed by atoms with Crippen molar-refractivity contribution in [2.24, 2.45) is 0 Å². The molecule has 0 aromatic heterocycles. The van der Waals surface area contributed by atoms with Crippen LogP contribution < -0.4 is 0 Å². The number of hydrogen-bond donors (Lipinski definition) is 0. The lowest BCUT2D eigenvalue weighted by molar-refractivity contribution is -0.146. The van der Waals surface area contributed by atoms with Gasteiger partial charge in [-0.25, -0.2) is 0 Å². The average molecular weight is 405 g/mol. The van der Waals surface area contributed by atoms with E-state index in [1.165, 1.54) is 12.0 Å². The topological polar surface area (TPSA) is 44.8 Å². The smallest absolute Gasteiger partial charge is 0.326 e. The minimum absolute atomic E-state index is 0.210. The standard InChI is InChI=1S/C23H32O4S/c1-23(28-16-15-21(25-2)26-3,17-19-11-7-4-5-8-12-19)22(24)27-18-20-13-9-6-10-14-20/h6-7,9-11,13-14,17,21H,4-5,8,12,15-16,18H2,1-3H3/b19-17-/t23-/m0/s1. The summed E-state index contributed by atoms with van der Waals surface area (Å²) >= 11 is 1.58. The maximum Gasteiger partial charge on any atom is 0.326 e. The molecular weight excluding hydrogens is 372 g/mol. The number of ether oxygens (including phenoxy) is 3. The first-order valence-electron chi connectivity index (χ1n) is 9.86. The second-order valence-corrected chi connectivity index (χ2v) is 8.62. The second kappa shape index (κ2) is 12.1. The first kappa shape index (κ1) is 22.7. The summed E-state index contributed by atoms with van der Waals surface area (Å²) in [6, 6.07) is 9.78. The van der Waals surface area contributed by atoms with Crippen molar-refractivity contribution in [3.05, 3.63) is 59.7 Å². The second-order valence-electron chi connectivity index (χ2n) is 7.07. The van der Waals surface area contributed by atoms with E-state index in [9.17, 15) is 4.79 Å². The normalized spacial score (nSPS) is 18.1. The fourth-order valence-corrected chi connectivity index (χ4v) is 4.25. The van der Waals surface area contributed by atoms with Gasteiger partial charge in [-0.05, 0) is 43.9 Å². The molecule has 1 aliphatic carbocycles. The van der Waals surface area contributed by atoms with Crippen molar-refractivity contribution in [1.82, 2.24) is 0 Å². The number of rotatable bonds is 10. The highest BCUT2D eigenvalue weighted by molar-refractivity contribution is 8.01. The number of carbonyl (C=O) groups excluding carboxylic acids is 1. The molecule has 0 unspecified atom stereocenters. The van der Waals surface area contributed by atoms with Gasteiger partial charge in [-0.2, -0.15) is 0 Å². The van der Waals surface area contributed by atoms with Gasteiger partial charge in [0.15, 0.2) is 6.29 Å². The molecule has 0 saturated carbocycles. The van der Waals surface area contributed by atoms with Crippen molar-refractivity contribution >= 4 is 17.7 Å². The molecule has 0 bridgehead atoms. The number of thioether (sulfide) groups is 1. The third-order valence-corrected chi connectivity index (χ3v) is 6.10. The summed E-state index contributed by atoms with van der Waals surface area (Å²) in [5.74, 6) is 0.523. The third kappa shape index (κ3) is 7.46. The maximum atomic E-state index is 13.0. The molecule has 28 heavy (non-hydrogen) atoms. The molecule has 1 atom stereocenters. The molecule has 0 N–H and O–H groups in total. The molecular formula is C23H32O4S. The Balaban J connectivity index is 2.09. The average Bonchev–Trinajstić information content (AvgIpc) is 2.98. The van der Waals surface area contributed by atoms with Gasteiger partial charge in [-0.3, -0.25) is 4.79 Å². The van der Waals surface area contributed by atoms with Crippen LogP contribution in [0.2, 0.25) is 0 Å². The fraction of sp³-hybridized carbons (Fsp3) is 0.522. The van der Waals surface area contributed by atoms with E-state index in [1.807, 2.05) is 37.3 Å². The van der Waals surface area contributed by atoms with Crippen LogP contribution in [0, 0.1) is 0 Å². The molecule has 0 aliphatic heterocycles. The number of methoxy groups -OCH3 is 2. The molecule has 1 aromatic rings. The van der Waals surface area contributed by atoms with Crippen LogP contribution in [0.5, 0.6) is 0 Å². The summed E-state index contributed by atoms with van der Waals surface area (Å²) in [4.78, 5) is 13.0. The lowest BCUT2D eigenvalue weighted by Gasteiger charge is -2.25. The third-order valence-electron chi connectivity index (χ3n) is 4.78. The van der Waals surface area contributed by atoms with Gasteiger partial charge in [0.25, 0.3) is 0 Å². The van der Waals surface area contributed by atoms with Crippen LogP contribution in [0.25, 0.3) is 0 Å². The molecule has 0 spiro atoms. The molecule has 1 aliphatic rings. The van der Waals surface area contributed by atoms with Crippen molar-refractivity contribution in [3.8, 4) is 0 Å². The Hall–Kier alpha value is -1.56. The van der Waals surface area contributed by atoms with Crippen LogP contribution in [0.1, 0.15) is 44.6 Å². The molecule has 0 radical (unpaired) electrons. The zero-order valence-corrected chi connectivity index (χ0v) is 18.0. The minimum atomic E-state index is -0.745. The van der Waals surface area contributed by atoms with Crippen molar-refractivity contribution in [1.29, 1.82) is 0 Å². The first-order valence-corrected chi connectivity index (χ1v) is 10.8. The van der Waals surface area contributed by atoms with Gasteiger partial charge in [0, 0.05) is 20.6 Å². The van der Waals surface area contributed by atoms with Crippen molar-refractivity contribution < 1.29 is 19.0 Å². The Morgan fingerprint density at radius 2 is 1.96 bits per heavy atom. The van der Waals surface area contributed by atoms with E-state index < -0.39 is 4.75 Å². The van der Waals surface area contributed by atoms with Gasteiger partial charge < -0.3 is 14.2 Å². The Kier molecular flexibility index (Phi) is 9.82. The van der Waals surface area contributed by atoms with Gasteiger partial charge in [-0.1, -0.05) is 54.1 Å². The summed E-state index contributed by atoms with van der Waals surface area (Å²) in [5.41, 5.74) is 2.20. The van der Waals surface area contributed by atoms with E-state index in [-0.39, 0.29) is 18.9 Å². The summed E-state index contributed by atoms with van der Waals surface area (Å²) in [6.45, 7) is 2.24. The minimum Gasteiger partial charge on any atom is -0.460 e. The summed E-state index contributed by atoms with van der Waals surface area (Å²) in [7, 11) is 3.26. The van der Waals surface area contributed by atoms with Crippen LogP contribution in [0.3, 0.4) is 0 Å². The zero-order valence-electron chi connectivity index (χ0n) is 17.2. The van der Waals surface area contributed by atoms with E-state index in [4.69, 9.17) is 14.2 Å². The van der Waals surface area contributed by atoms with Gasteiger partial charge in [0.1, 0.15) is 11.4 Å². The Labute approximate surface area is 173 Å². The number of esters is 1. The predicted molar refractivity (Wildman–Crippen MR) is 115 cm³/mol. The van der Waals surface area contributed by atoms with Crippen LogP contribution in [0.15, 0.2) is 54.1 Å². The SMILES string of the molecule is COC(CCS[C@@](C)(/C=C1/C=CCCCC1)C(=O)OCc1ccccc1)OC. The number of hydrogen-bond acceptors (Lipinski definition) is 5. The molecule has 2 rings (SSSR count). The van der Waals surface area contributed by atoms with E-state index in [2.05, 4.69) is 18.2 Å². The number of benzene rings is 1. The lowest BCUT2D eigenvalue weighted by Crippen LogP contribution is -2.33. The number of carbonyl (C=O) groups is 1. The van der Waals surface area contributed by atoms with E-state index in [0.717, 1.165) is 30.6 Å². The van der Waals surface area contributed by atoms with Crippen LogP contribution >= 0.6 is 11.8 Å². The molecule has 1 aromatic carbocycles. The molecule has 5 heteroatoms. The number of allylic oxidation sites excluding steroid dienone is 3. The Morgan fingerprint density at radius 1 is 1.21 bits per heavy atom. The van der Waals surface area contributed by atoms with Crippen LogP contribution in [-0.4, -0.2) is 37.0 Å². The van der Waals surface area contributed by atoms with Gasteiger partial charge >= 0.3 is 5.97 Å². The fourth-order valence-electron chi connectivity index (χ4n) is 3.11. The highest BCUT2D eigenvalue weighted by Gasteiger charge is 2.34. The van der Waals surface area contributed by atoms with E-state index in [1.54, 1.807) is 26.0 Å². The van der Waals surface area contributed by atoms with Crippen LogP contribution in [0.4, 0.5) is 0 Å². The summed E-state index contributed by atoms with van der Waals surface area (Å²) in [5, 5.41) is 0. The molecule has 0 saturated heterocycles. The van der Waals surface area contributed by atoms with Gasteiger partial charge in [-0.15, -0.1) is 11.8 Å². The molecule has 0 fully saturated rings. The van der Waals surface area contributed by atoms with Crippen molar-refractivity contribution in [3.63, 3.8) is 0 Å². The monoisotopic (exact) mass is 404 g/mol. The van der Waals surface area contributed by atoms with Crippen LogP contribution in [-0.2, 0) is 25.6 Å². The van der Waals surface area contributed by atoms with E-state index in [0.29, 0.717) is 6.42 Å². The molecule has 4 nitrogen and oxygen atoms in total. The van der Waals surface area contributed by atoms with Crippen molar-refractivity contribution in [2.75, 3.05) is 20.0 Å². The molecule has 154 valence electrons. The summed E-state index contributed by atoms with van der Waals surface area (Å²) < 4.78 is 15.5. The summed E-state index contributed by atoms with van der Waals surface area (Å²) in [6.07, 6.45) is 11.3. The largest absolute Gasteiger partial charge is 0.460 e. The van der Waals surface area contributed by atoms with Gasteiger partial charge in [0.2, 0.25) is 0 Å². The Bertz CT molecular complexity index is 652. The lowest BCUT2D eigenvalue weighted by atomic mass is 10.0. The highest BCUT2D eigenvalue weighted by Crippen LogP contribution is 2.33. The predicted octanol–water partition coefficient (Wildman–Crippen LogP) is 5.29. The zero-order chi connectivity index (χ0) is 20.2. The van der Waals surface area contributed by atoms with Crippen molar-refractivity contribution in [2.45, 2.75) is 56.7 Å². The Morgan fingerprint density at radius 3 is 2.68 bits per heavy atom. The maximum absolute atomic E-state index is 13.0. The van der Waals surface area contributed by atoms with Gasteiger partial charge in [0.05, 0.1) is 0 Å². The molecule has 0 heterocycles. The quantitative estimate of drug-likeness (QED) is 0.392. The first-order chi connectivity index (χ1) is 13.6.